The van der Waals surface area contributed by atoms with Gasteiger partial charge in [-0.3, -0.25) is 4.79 Å². The first-order valence-corrected chi connectivity index (χ1v) is 12.4. The molecule has 0 spiro atoms. The molecule has 10 heteroatoms. The van der Waals surface area contributed by atoms with Crippen LogP contribution in [0.2, 0.25) is 0 Å². The van der Waals surface area contributed by atoms with Crippen molar-refractivity contribution >= 4 is 17.6 Å². The van der Waals surface area contributed by atoms with E-state index in [0.717, 1.165) is 42.3 Å². The lowest BCUT2D eigenvalue weighted by Gasteiger charge is -2.10. The quantitative estimate of drug-likeness (QED) is 0.263. The van der Waals surface area contributed by atoms with Crippen LogP contribution in [0.1, 0.15) is 45.9 Å². The van der Waals surface area contributed by atoms with Crippen LogP contribution < -0.4 is 10.6 Å². The summed E-state index contributed by atoms with van der Waals surface area (Å²) in [4.78, 5) is 25.4. The number of nitrogens with zero attached hydrogens (tertiary/aromatic N) is 2. The number of hydrogen-bond donors (Lipinski definition) is 3. The molecule has 200 valence electrons. The van der Waals surface area contributed by atoms with Crippen molar-refractivity contribution in [2.45, 2.75) is 31.4 Å². The number of carbonyl (C=O) groups excluding carboxylic acids is 2. The van der Waals surface area contributed by atoms with E-state index in [1.54, 1.807) is 6.07 Å². The molecule has 1 heterocycles. The van der Waals surface area contributed by atoms with Gasteiger partial charge in [-0.05, 0) is 61.2 Å². The number of phenols is 1. The molecule has 39 heavy (non-hydrogen) atoms. The van der Waals surface area contributed by atoms with Gasteiger partial charge in [0, 0.05) is 35.3 Å². The van der Waals surface area contributed by atoms with E-state index in [-0.39, 0.29) is 28.9 Å². The Labute approximate surface area is 222 Å². The van der Waals surface area contributed by atoms with Crippen LogP contribution in [0.5, 0.6) is 5.75 Å². The third-order valence-electron chi connectivity index (χ3n) is 6.44. The molecule has 5 rings (SSSR count). The van der Waals surface area contributed by atoms with Crippen LogP contribution in [-0.4, -0.2) is 33.4 Å². The van der Waals surface area contributed by atoms with E-state index in [1.165, 1.54) is 28.9 Å². The average molecular weight is 535 g/mol. The second-order valence-electron chi connectivity index (χ2n) is 9.37. The second-order valence-corrected chi connectivity index (χ2v) is 9.37. The first-order chi connectivity index (χ1) is 18.7. The van der Waals surface area contributed by atoms with E-state index >= 15 is 0 Å². The predicted molar refractivity (Wildman–Crippen MR) is 140 cm³/mol. The number of phenolic OH excluding ortho intramolecular Hbond substituents is 1. The molecule has 4 aromatic rings. The molecule has 3 N–H and O–H groups in total. The van der Waals surface area contributed by atoms with Gasteiger partial charge < -0.3 is 15.7 Å². The number of carbonyl (C=O) groups is 2. The molecule has 1 aliphatic carbocycles. The van der Waals surface area contributed by atoms with Gasteiger partial charge >= 0.3 is 12.2 Å². The maximum atomic E-state index is 13.0. The number of amides is 2. The molecule has 0 aliphatic heterocycles. The van der Waals surface area contributed by atoms with Gasteiger partial charge in [-0.2, -0.15) is 23.0 Å². The first-order valence-electron chi connectivity index (χ1n) is 12.4. The maximum absolute atomic E-state index is 13.0. The fourth-order valence-corrected chi connectivity index (χ4v) is 4.26. The summed E-state index contributed by atoms with van der Waals surface area (Å²) in [5.41, 5.74) is 1.70. The number of aromatic nitrogens is 2. The van der Waals surface area contributed by atoms with Gasteiger partial charge in [0.05, 0.1) is 17.0 Å². The lowest BCUT2D eigenvalue weighted by Crippen LogP contribution is -2.32. The molecule has 3 aromatic carbocycles. The van der Waals surface area contributed by atoms with Crippen LogP contribution in [0, 0.1) is 0 Å². The van der Waals surface area contributed by atoms with E-state index < -0.39 is 17.6 Å². The van der Waals surface area contributed by atoms with Gasteiger partial charge in [0.15, 0.2) is 0 Å². The van der Waals surface area contributed by atoms with Gasteiger partial charge in [-0.15, -0.1) is 0 Å². The largest absolute Gasteiger partial charge is 0.507 e. The molecule has 7 nitrogen and oxygen atoms in total. The molecule has 1 aliphatic rings. The Kier molecular flexibility index (Phi) is 7.10. The summed E-state index contributed by atoms with van der Waals surface area (Å²) in [6.07, 6.45) is -2.02. The summed E-state index contributed by atoms with van der Waals surface area (Å²) in [6.45, 7) is 0.438. The van der Waals surface area contributed by atoms with Crippen LogP contribution in [0.3, 0.4) is 0 Å². The van der Waals surface area contributed by atoms with Gasteiger partial charge in [-0.25, -0.2) is 4.79 Å². The van der Waals surface area contributed by atoms with Crippen molar-refractivity contribution in [1.82, 2.24) is 15.1 Å². The normalized spacial score (nSPS) is 13.2. The van der Waals surface area contributed by atoms with Crippen LogP contribution in [0.15, 0.2) is 78.9 Å². The van der Waals surface area contributed by atoms with E-state index in [2.05, 4.69) is 15.7 Å². The minimum atomic E-state index is -4.57. The summed E-state index contributed by atoms with van der Waals surface area (Å²) in [5.74, 6) is -0.742. The first kappa shape index (κ1) is 26.0. The number of hydrogen-bond acceptors (Lipinski definition) is 4. The topological polar surface area (TPSA) is 96.3 Å². The van der Waals surface area contributed by atoms with Gasteiger partial charge in [0.1, 0.15) is 5.75 Å². The van der Waals surface area contributed by atoms with Gasteiger partial charge in [0.2, 0.25) is 0 Å². The number of benzene rings is 3. The Hall–Kier alpha value is -4.60. The summed E-state index contributed by atoms with van der Waals surface area (Å²) in [6, 6.07) is 19.6. The standard InChI is InChI=1S/C29H25F3N4O3/c30-29(31,32)21-8-4-7-20(15-21)27(38)34-22-11-12-23(26(37)16-22)24-17-25(19-9-10-19)36(35-24)28(39)33-14-13-18-5-2-1-3-6-18/h1-8,11-12,15-17,19,37H,9-10,13-14H2,(H,33,39)(H,34,38). The number of halogens is 3. The molecule has 0 bridgehead atoms. The molecule has 0 saturated heterocycles. The van der Waals surface area contributed by atoms with E-state index in [0.29, 0.717) is 24.2 Å². The Morgan fingerprint density at radius 2 is 1.74 bits per heavy atom. The van der Waals surface area contributed by atoms with Crippen LogP contribution in [0.25, 0.3) is 11.3 Å². The third kappa shape index (κ3) is 6.11. The van der Waals surface area contributed by atoms with Gasteiger partial charge in [0.25, 0.3) is 5.91 Å². The van der Waals surface area contributed by atoms with E-state index in [1.807, 2.05) is 30.3 Å². The molecular weight excluding hydrogens is 509 g/mol. The van der Waals surface area contributed by atoms with Crippen LogP contribution in [-0.2, 0) is 12.6 Å². The van der Waals surface area contributed by atoms with E-state index in [9.17, 15) is 27.9 Å². The van der Waals surface area contributed by atoms with Gasteiger partial charge in [-0.1, -0.05) is 36.4 Å². The molecule has 0 unspecified atom stereocenters. The molecule has 0 atom stereocenters. The maximum Gasteiger partial charge on any atom is 0.416 e. The van der Waals surface area contributed by atoms with E-state index in [4.69, 9.17) is 0 Å². The number of aromatic hydroxyl groups is 1. The van der Waals surface area contributed by atoms with Crippen molar-refractivity contribution in [3.63, 3.8) is 0 Å². The zero-order valence-electron chi connectivity index (χ0n) is 20.7. The fourth-order valence-electron chi connectivity index (χ4n) is 4.26. The Morgan fingerprint density at radius 3 is 2.44 bits per heavy atom. The summed E-state index contributed by atoms with van der Waals surface area (Å²) >= 11 is 0. The Morgan fingerprint density at radius 1 is 0.974 bits per heavy atom. The number of anilines is 1. The Bertz CT molecular complexity index is 1510. The third-order valence-corrected chi connectivity index (χ3v) is 6.44. The van der Waals surface area contributed by atoms with Crippen LogP contribution in [0.4, 0.5) is 23.7 Å². The summed E-state index contributed by atoms with van der Waals surface area (Å²) in [5, 5.41) is 20.5. The lowest BCUT2D eigenvalue weighted by atomic mass is 10.1. The summed E-state index contributed by atoms with van der Waals surface area (Å²) in [7, 11) is 0. The predicted octanol–water partition coefficient (Wildman–Crippen LogP) is 6.20. The molecule has 0 radical (unpaired) electrons. The smallest absolute Gasteiger partial charge is 0.416 e. The zero-order valence-corrected chi connectivity index (χ0v) is 20.7. The van der Waals surface area contributed by atoms with Crippen molar-refractivity contribution in [2.24, 2.45) is 0 Å². The highest BCUT2D eigenvalue weighted by molar-refractivity contribution is 6.04. The highest BCUT2D eigenvalue weighted by Crippen LogP contribution is 2.42. The van der Waals surface area contributed by atoms with Crippen LogP contribution >= 0.6 is 0 Å². The molecule has 1 aromatic heterocycles. The fraction of sp³-hybridized carbons (Fsp3) is 0.207. The van der Waals surface area contributed by atoms with Crippen molar-refractivity contribution in [2.75, 3.05) is 11.9 Å². The monoisotopic (exact) mass is 534 g/mol. The molecular formula is C29H25F3N4O3. The second kappa shape index (κ2) is 10.6. The average Bonchev–Trinajstić information content (AvgIpc) is 3.67. The highest BCUT2D eigenvalue weighted by Gasteiger charge is 2.32. The highest BCUT2D eigenvalue weighted by atomic mass is 19.4. The summed E-state index contributed by atoms with van der Waals surface area (Å²) < 4.78 is 40.3. The van der Waals surface area contributed by atoms with Crippen molar-refractivity contribution in [1.29, 1.82) is 0 Å². The van der Waals surface area contributed by atoms with Crippen molar-refractivity contribution < 1.29 is 27.9 Å². The molecule has 2 amide bonds. The number of alkyl halides is 3. The zero-order chi connectivity index (χ0) is 27.6. The van der Waals surface area contributed by atoms with Crippen molar-refractivity contribution in [3.8, 4) is 17.0 Å². The Balaban J connectivity index is 1.30. The molecule has 1 saturated carbocycles. The van der Waals surface area contributed by atoms with Crippen molar-refractivity contribution in [3.05, 3.63) is 101 Å². The SMILES string of the molecule is O=C(Nc1ccc(-c2cc(C3CC3)n(C(=O)NCCc3ccccc3)n2)c(O)c1)c1cccc(C(F)(F)F)c1. The molecule has 1 fully saturated rings. The minimum absolute atomic E-state index is 0.167. The number of nitrogens with one attached hydrogen (secondary N) is 2. The minimum Gasteiger partial charge on any atom is -0.507 e. The lowest BCUT2D eigenvalue weighted by molar-refractivity contribution is -0.137. The number of rotatable bonds is 7.